The molecule has 2 atom stereocenters. The minimum absolute atomic E-state index is 0.161. The van der Waals surface area contributed by atoms with Crippen molar-refractivity contribution in [3.63, 3.8) is 0 Å². The van der Waals surface area contributed by atoms with Gasteiger partial charge in [-0.3, -0.25) is 9.69 Å². The number of benzene rings is 1. The van der Waals surface area contributed by atoms with E-state index < -0.39 is 12.0 Å². The van der Waals surface area contributed by atoms with E-state index in [0.29, 0.717) is 13.0 Å². The van der Waals surface area contributed by atoms with Crippen LogP contribution in [0, 0.1) is 0 Å². The molecule has 1 unspecified atom stereocenters. The second-order valence-electron chi connectivity index (χ2n) is 9.81. The number of carboxylic acid groups (broad SMARTS) is 1. The maximum Gasteiger partial charge on any atom is 0.326 e. The van der Waals surface area contributed by atoms with Gasteiger partial charge in [-0.05, 0) is 55.7 Å². The summed E-state index contributed by atoms with van der Waals surface area (Å²) in [6, 6.07) is 13.4. The van der Waals surface area contributed by atoms with Gasteiger partial charge in [0.1, 0.15) is 11.9 Å². The molecule has 1 saturated heterocycles. The number of carboxylic acids is 1. The van der Waals surface area contributed by atoms with Crippen LogP contribution in [-0.4, -0.2) is 52.0 Å². The Morgan fingerprint density at radius 1 is 1.09 bits per heavy atom. The summed E-state index contributed by atoms with van der Waals surface area (Å²) in [6.45, 7) is 2.59. The standard InChI is InChI=1S/C28H38N4O3/c33-27(25-17-19-32(25)20-21-10-5-4-6-11-21)31-24(28(34)35)14-8-3-1-2-7-13-23-16-15-22-12-9-18-29-26(22)30-23/h4-6,10-11,15-16,24-25H,1-3,7-9,12-14,17-20H2,(H,29,30)(H,31,33)(H,34,35)/t24?,25-/m0/s1. The highest BCUT2D eigenvalue weighted by atomic mass is 16.4. The van der Waals surface area contributed by atoms with Gasteiger partial charge in [-0.2, -0.15) is 0 Å². The van der Waals surface area contributed by atoms with Crippen molar-refractivity contribution in [3.05, 3.63) is 59.3 Å². The van der Waals surface area contributed by atoms with E-state index in [4.69, 9.17) is 4.98 Å². The number of amides is 1. The van der Waals surface area contributed by atoms with Crippen molar-refractivity contribution in [2.24, 2.45) is 0 Å². The van der Waals surface area contributed by atoms with E-state index in [-0.39, 0.29) is 11.9 Å². The molecule has 7 heteroatoms. The van der Waals surface area contributed by atoms with E-state index in [0.717, 1.165) is 76.0 Å². The van der Waals surface area contributed by atoms with Crippen LogP contribution in [-0.2, 0) is 29.0 Å². The Hall–Kier alpha value is -2.93. The van der Waals surface area contributed by atoms with Gasteiger partial charge in [-0.25, -0.2) is 9.78 Å². The van der Waals surface area contributed by atoms with Crippen LogP contribution in [0.15, 0.2) is 42.5 Å². The molecule has 35 heavy (non-hydrogen) atoms. The summed E-state index contributed by atoms with van der Waals surface area (Å²) < 4.78 is 0. The van der Waals surface area contributed by atoms with Gasteiger partial charge in [-0.15, -0.1) is 0 Å². The topological polar surface area (TPSA) is 94.6 Å². The van der Waals surface area contributed by atoms with Gasteiger partial charge in [-0.1, -0.05) is 62.1 Å². The third-order valence-electron chi connectivity index (χ3n) is 7.15. The Balaban J connectivity index is 1.11. The summed E-state index contributed by atoms with van der Waals surface area (Å²) in [6.07, 6.45) is 9.55. The summed E-state index contributed by atoms with van der Waals surface area (Å²) in [5, 5.41) is 15.8. The van der Waals surface area contributed by atoms with Crippen molar-refractivity contribution >= 4 is 17.7 Å². The molecule has 1 fully saturated rings. The van der Waals surface area contributed by atoms with Crippen LogP contribution in [0.1, 0.15) is 68.2 Å². The molecule has 7 nitrogen and oxygen atoms in total. The van der Waals surface area contributed by atoms with E-state index in [1.165, 1.54) is 17.5 Å². The number of aromatic nitrogens is 1. The lowest BCUT2D eigenvalue weighted by atomic mass is 9.99. The average molecular weight is 479 g/mol. The summed E-state index contributed by atoms with van der Waals surface area (Å²) in [5.74, 6) is -0.0495. The number of anilines is 1. The molecule has 0 bridgehead atoms. The van der Waals surface area contributed by atoms with Gasteiger partial charge in [0, 0.05) is 25.3 Å². The lowest BCUT2D eigenvalue weighted by Gasteiger charge is -2.40. The van der Waals surface area contributed by atoms with Crippen LogP contribution in [0.4, 0.5) is 5.82 Å². The molecule has 0 saturated carbocycles. The maximum absolute atomic E-state index is 12.7. The van der Waals surface area contributed by atoms with E-state index >= 15 is 0 Å². The number of rotatable bonds is 13. The molecule has 2 aliphatic heterocycles. The Bertz CT molecular complexity index is 981. The van der Waals surface area contributed by atoms with E-state index in [9.17, 15) is 14.7 Å². The molecule has 2 aliphatic rings. The number of carbonyl (C=O) groups is 2. The number of aliphatic carboxylic acids is 1. The van der Waals surface area contributed by atoms with Gasteiger partial charge < -0.3 is 15.7 Å². The Morgan fingerprint density at radius 3 is 2.66 bits per heavy atom. The first-order chi connectivity index (χ1) is 17.1. The van der Waals surface area contributed by atoms with Gasteiger partial charge in [0.2, 0.25) is 5.91 Å². The molecule has 1 aromatic heterocycles. The summed E-state index contributed by atoms with van der Waals surface area (Å²) in [7, 11) is 0. The zero-order valence-corrected chi connectivity index (χ0v) is 20.5. The highest BCUT2D eigenvalue weighted by Gasteiger charge is 2.35. The predicted molar refractivity (Wildman–Crippen MR) is 137 cm³/mol. The molecule has 2 aromatic rings. The molecule has 1 amide bonds. The monoisotopic (exact) mass is 478 g/mol. The highest BCUT2D eigenvalue weighted by molar-refractivity contribution is 5.87. The fourth-order valence-corrected chi connectivity index (χ4v) is 4.96. The fraction of sp³-hybridized carbons (Fsp3) is 0.536. The first-order valence-electron chi connectivity index (χ1n) is 13.1. The maximum atomic E-state index is 12.7. The molecule has 4 rings (SSSR count). The fourth-order valence-electron chi connectivity index (χ4n) is 4.96. The number of pyridine rings is 1. The summed E-state index contributed by atoms with van der Waals surface area (Å²) in [5.41, 5.74) is 3.63. The molecule has 3 N–H and O–H groups in total. The summed E-state index contributed by atoms with van der Waals surface area (Å²) >= 11 is 0. The van der Waals surface area contributed by atoms with E-state index in [1.54, 1.807) is 0 Å². The Kier molecular flexibility index (Phi) is 9.12. The number of nitrogens with zero attached hydrogens (tertiary/aromatic N) is 2. The zero-order valence-electron chi connectivity index (χ0n) is 20.5. The van der Waals surface area contributed by atoms with Crippen LogP contribution in [0.5, 0.6) is 0 Å². The zero-order chi connectivity index (χ0) is 24.5. The van der Waals surface area contributed by atoms with Gasteiger partial charge in [0.25, 0.3) is 0 Å². The van der Waals surface area contributed by atoms with Crippen LogP contribution in [0.3, 0.4) is 0 Å². The molecule has 188 valence electrons. The first kappa shape index (κ1) is 25.2. The molecule has 3 heterocycles. The number of carbonyl (C=O) groups excluding carboxylic acids is 1. The van der Waals surface area contributed by atoms with Crippen molar-refractivity contribution in [2.45, 2.75) is 82.8 Å². The third kappa shape index (κ3) is 7.28. The predicted octanol–water partition coefficient (Wildman–Crippen LogP) is 4.17. The van der Waals surface area contributed by atoms with E-state index in [2.05, 4.69) is 27.7 Å². The lowest BCUT2D eigenvalue weighted by Crippen LogP contribution is -2.57. The van der Waals surface area contributed by atoms with Crippen LogP contribution in [0.2, 0.25) is 0 Å². The number of hydrogen-bond donors (Lipinski definition) is 3. The third-order valence-corrected chi connectivity index (χ3v) is 7.15. The van der Waals surface area contributed by atoms with Crippen LogP contribution < -0.4 is 10.6 Å². The van der Waals surface area contributed by atoms with E-state index in [1.807, 2.05) is 30.3 Å². The number of hydrogen-bond acceptors (Lipinski definition) is 5. The second kappa shape index (κ2) is 12.7. The van der Waals surface area contributed by atoms with Crippen molar-refractivity contribution in [1.29, 1.82) is 0 Å². The molecular weight excluding hydrogens is 440 g/mol. The minimum atomic E-state index is -0.945. The average Bonchev–Trinajstić information content (AvgIpc) is 2.85. The van der Waals surface area contributed by atoms with Gasteiger partial charge >= 0.3 is 5.97 Å². The SMILES string of the molecule is O=C(O)C(CCCCCCCc1ccc2c(n1)NCCC2)NC(=O)[C@@H]1CCN1Cc1ccccc1. The lowest BCUT2D eigenvalue weighted by molar-refractivity contribution is -0.144. The molecule has 0 spiro atoms. The van der Waals surface area contributed by atoms with Crippen LogP contribution in [0.25, 0.3) is 0 Å². The largest absolute Gasteiger partial charge is 0.480 e. The van der Waals surface area contributed by atoms with Crippen molar-refractivity contribution < 1.29 is 14.7 Å². The smallest absolute Gasteiger partial charge is 0.326 e. The molecule has 0 radical (unpaired) electrons. The van der Waals surface area contributed by atoms with Crippen LogP contribution >= 0.6 is 0 Å². The molecule has 1 aromatic carbocycles. The van der Waals surface area contributed by atoms with Crippen molar-refractivity contribution in [2.75, 3.05) is 18.4 Å². The molecule has 0 aliphatic carbocycles. The number of fused-ring (bicyclic) bond motifs is 1. The Morgan fingerprint density at radius 2 is 1.89 bits per heavy atom. The Labute approximate surface area is 208 Å². The quantitative estimate of drug-likeness (QED) is 0.374. The molecular formula is C28H38N4O3. The highest BCUT2D eigenvalue weighted by Crippen LogP contribution is 2.22. The number of likely N-dealkylation sites (tertiary alicyclic amines) is 1. The summed E-state index contributed by atoms with van der Waals surface area (Å²) in [4.78, 5) is 31.3. The number of aryl methyl sites for hydroxylation is 2. The normalized spacial score (nSPS) is 18.1. The first-order valence-corrected chi connectivity index (χ1v) is 13.1. The number of unbranched alkanes of at least 4 members (excludes halogenated alkanes) is 4. The van der Waals surface area contributed by atoms with Crippen molar-refractivity contribution in [1.82, 2.24) is 15.2 Å². The van der Waals surface area contributed by atoms with Crippen molar-refractivity contribution in [3.8, 4) is 0 Å². The number of nitrogens with one attached hydrogen (secondary N) is 2. The second-order valence-corrected chi connectivity index (χ2v) is 9.81. The minimum Gasteiger partial charge on any atom is -0.480 e. The van der Waals surface area contributed by atoms with Gasteiger partial charge in [0.15, 0.2) is 0 Å². The van der Waals surface area contributed by atoms with Gasteiger partial charge in [0.05, 0.1) is 6.04 Å².